The molecule has 1 aromatic heterocycles. The molecule has 1 aromatic carbocycles. The summed E-state index contributed by atoms with van der Waals surface area (Å²) >= 11 is 11.9. The highest BCUT2D eigenvalue weighted by molar-refractivity contribution is 7.46. The number of aryl methyl sites for hydroxylation is 1. The SMILES string of the molecule is Cc1ccc(NC(=O)c2nn(C(C)OP(=O)(O)O)c(Cl)c2Cl)c(F)c1. The number of halogens is 3. The number of hydrogen-bond acceptors (Lipinski definition) is 4. The van der Waals surface area contributed by atoms with Crippen molar-refractivity contribution < 1.29 is 28.1 Å². The van der Waals surface area contributed by atoms with E-state index < -0.39 is 25.8 Å². The van der Waals surface area contributed by atoms with E-state index in [2.05, 4.69) is 14.9 Å². The first-order valence-electron chi connectivity index (χ1n) is 6.74. The summed E-state index contributed by atoms with van der Waals surface area (Å²) in [6.07, 6.45) is -1.30. The molecular formula is C13H13Cl2FN3O5P. The van der Waals surface area contributed by atoms with E-state index in [4.69, 9.17) is 33.0 Å². The Morgan fingerprint density at radius 2 is 2.08 bits per heavy atom. The Hall–Kier alpha value is -1.48. The minimum absolute atomic E-state index is 0.0862. The van der Waals surface area contributed by atoms with Crippen LogP contribution in [0.25, 0.3) is 0 Å². The molecule has 8 nitrogen and oxygen atoms in total. The number of phosphoric acid groups is 1. The molecule has 0 saturated heterocycles. The Morgan fingerprint density at radius 1 is 1.44 bits per heavy atom. The van der Waals surface area contributed by atoms with Gasteiger partial charge in [0.25, 0.3) is 5.91 Å². The van der Waals surface area contributed by atoms with Crippen molar-refractivity contribution in [3.05, 3.63) is 45.4 Å². The van der Waals surface area contributed by atoms with E-state index >= 15 is 0 Å². The third kappa shape index (κ3) is 4.78. The summed E-state index contributed by atoms with van der Waals surface area (Å²) in [7, 11) is -4.82. The number of benzene rings is 1. The number of amides is 1. The Labute approximate surface area is 151 Å². The Morgan fingerprint density at radius 3 is 2.64 bits per heavy atom. The fourth-order valence-corrected chi connectivity index (χ4v) is 2.89. The molecule has 12 heteroatoms. The minimum atomic E-state index is -4.82. The summed E-state index contributed by atoms with van der Waals surface area (Å²) < 4.78 is 30.0. The second kappa shape index (κ2) is 7.41. The number of anilines is 1. The number of carbonyl (C=O) groups is 1. The molecule has 3 N–H and O–H groups in total. The topological polar surface area (TPSA) is 114 Å². The summed E-state index contributed by atoms with van der Waals surface area (Å²) in [5.41, 5.74) is 0.230. The first-order valence-corrected chi connectivity index (χ1v) is 9.03. The second-order valence-corrected chi connectivity index (χ2v) is 6.96. The zero-order valence-corrected chi connectivity index (χ0v) is 15.3. The van der Waals surface area contributed by atoms with E-state index in [9.17, 15) is 13.8 Å². The quantitative estimate of drug-likeness (QED) is 0.648. The van der Waals surface area contributed by atoms with Gasteiger partial charge >= 0.3 is 7.82 Å². The van der Waals surface area contributed by atoms with Crippen LogP contribution in [0.2, 0.25) is 10.2 Å². The molecule has 1 heterocycles. The maximum atomic E-state index is 13.8. The van der Waals surface area contributed by atoms with Gasteiger partial charge in [-0.2, -0.15) is 5.10 Å². The lowest BCUT2D eigenvalue weighted by Gasteiger charge is -2.14. The summed E-state index contributed by atoms with van der Waals surface area (Å²) in [6.45, 7) is 2.94. The van der Waals surface area contributed by atoms with Crippen molar-refractivity contribution in [2.45, 2.75) is 20.1 Å². The molecule has 0 saturated carbocycles. The third-order valence-electron chi connectivity index (χ3n) is 3.02. The predicted octanol–water partition coefficient (Wildman–Crippen LogP) is 3.52. The summed E-state index contributed by atoms with van der Waals surface area (Å²) in [5, 5.41) is 5.54. The highest BCUT2D eigenvalue weighted by Crippen LogP contribution is 2.41. The molecule has 2 aromatic rings. The average molecular weight is 412 g/mol. The molecule has 25 heavy (non-hydrogen) atoms. The van der Waals surface area contributed by atoms with Gasteiger partial charge in [-0.25, -0.2) is 13.6 Å². The maximum absolute atomic E-state index is 13.8. The number of phosphoric ester groups is 1. The molecule has 2 rings (SSSR count). The molecule has 1 unspecified atom stereocenters. The van der Waals surface area contributed by atoms with Crippen molar-refractivity contribution in [2.75, 3.05) is 5.32 Å². The van der Waals surface area contributed by atoms with E-state index in [0.29, 0.717) is 5.56 Å². The Kier molecular flexibility index (Phi) is 5.88. The first kappa shape index (κ1) is 19.8. The second-order valence-electron chi connectivity index (χ2n) is 5.03. The van der Waals surface area contributed by atoms with Crippen LogP contribution in [-0.4, -0.2) is 25.5 Å². The average Bonchev–Trinajstić information content (AvgIpc) is 2.77. The van der Waals surface area contributed by atoms with Crippen molar-refractivity contribution in [2.24, 2.45) is 0 Å². The molecule has 0 aliphatic rings. The molecule has 0 aliphatic carbocycles. The van der Waals surface area contributed by atoms with Crippen LogP contribution in [0.3, 0.4) is 0 Å². The van der Waals surface area contributed by atoms with Gasteiger partial charge in [-0.05, 0) is 31.5 Å². The molecule has 0 fully saturated rings. The Balaban J connectivity index is 2.29. The van der Waals surface area contributed by atoms with Gasteiger partial charge in [0.1, 0.15) is 16.0 Å². The largest absolute Gasteiger partial charge is 0.471 e. The molecule has 0 bridgehead atoms. The van der Waals surface area contributed by atoms with Gasteiger partial charge in [-0.3, -0.25) is 9.32 Å². The number of nitrogens with zero attached hydrogens (tertiary/aromatic N) is 2. The van der Waals surface area contributed by atoms with Crippen molar-refractivity contribution >= 4 is 42.6 Å². The maximum Gasteiger partial charge on any atom is 0.471 e. The van der Waals surface area contributed by atoms with Crippen molar-refractivity contribution in [3.8, 4) is 0 Å². The molecule has 136 valence electrons. The number of aromatic nitrogens is 2. The van der Waals surface area contributed by atoms with Gasteiger partial charge in [0, 0.05) is 0 Å². The summed E-state index contributed by atoms with van der Waals surface area (Å²) in [4.78, 5) is 29.9. The molecule has 1 amide bonds. The van der Waals surface area contributed by atoms with Gasteiger partial charge in [0.15, 0.2) is 11.9 Å². The lowest BCUT2D eigenvalue weighted by Crippen LogP contribution is -2.16. The lowest BCUT2D eigenvalue weighted by atomic mass is 10.2. The third-order valence-corrected chi connectivity index (χ3v) is 4.42. The van der Waals surface area contributed by atoms with Gasteiger partial charge in [-0.15, -0.1) is 0 Å². The van der Waals surface area contributed by atoms with Gasteiger partial charge in [0.2, 0.25) is 0 Å². The summed E-state index contributed by atoms with van der Waals surface area (Å²) in [5.74, 6) is -1.50. The normalized spacial score (nSPS) is 12.9. The van der Waals surface area contributed by atoms with Crippen molar-refractivity contribution in [1.29, 1.82) is 0 Å². The molecule has 0 aliphatic heterocycles. The van der Waals surface area contributed by atoms with Crippen molar-refractivity contribution in [3.63, 3.8) is 0 Å². The molecule has 0 spiro atoms. The smallest absolute Gasteiger partial charge is 0.318 e. The number of hydrogen-bond donors (Lipinski definition) is 3. The first-order chi connectivity index (χ1) is 11.5. The molecule has 0 radical (unpaired) electrons. The number of rotatable bonds is 5. The van der Waals surface area contributed by atoms with E-state index in [1.165, 1.54) is 19.1 Å². The summed E-state index contributed by atoms with van der Waals surface area (Å²) in [6, 6.07) is 4.20. The van der Waals surface area contributed by atoms with Crippen molar-refractivity contribution in [1.82, 2.24) is 9.78 Å². The van der Waals surface area contributed by atoms with Crippen LogP contribution in [0.1, 0.15) is 29.2 Å². The number of carbonyl (C=O) groups excluding carboxylic acids is 1. The minimum Gasteiger partial charge on any atom is -0.318 e. The molecule has 1 atom stereocenters. The van der Waals surface area contributed by atoms with E-state index in [1.807, 2.05) is 0 Å². The van der Waals surface area contributed by atoms with Crippen LogP contribution in [0, 0.1) is 12.7 Å². The highest BCUT2D eigenvalue weighted by atomic mass is 35.5. The van der Waals surface area contributed by atoms with E-state index in [-0.39, 0.29) is 21.6 Å². The van der Waals surface area contributed by atoms with Crippen LogP contribution in [0.4, 0.5) is 10.1 Å². The van der Waals surface area contributed by atoms with Gasteiger partial charge in [0.05, 0.1) is 5.69 Å². The van der Waals surface area contributed by atoms with Crippen LogP contribution < -0.4 is 5.32 Å². The zero-order valence-electron chi connectivity index (χ0n) is 12.9. The van der Waals surface area contributed by atoms with E-state index in [0.717, 1.165) is 4.68 Å². The van der Waals surface area contributed by atoms with Crippen LogP contribution in [0.5, 0.6) is 0 Å². The fourth-order valence-electron chi connectivity index (χ4n) is 1.93. The lowest BCUT2D eigenvalue weighted by molar-refractivity contribution is 0.0876. The fraction of sp³-hybridized carbons (Fsp3) is 0.231. The van der Waals surface area contributed by atoms with E-state index in [1.54, 1.807) is 13.0 Å². The standard InChI is InChI=1S/C13H13Cl2FN3O5P/c1-6-3-4-9(8(16)5-6)17-13(20)11-10(14)12(15)19(18-11)7(2)24-25(21,22)23/h3-5,7H,1-2H3,(H,17,20)(H2,21,22,23). The van der Waals surface area contributed by atoms with Crippen LogP contribution in [-0.2, 0) is 9.09 Å². The monoisotopic (exact) mass is 411 g/mol. The van der Waals surface area contributed by atoms with Gasteiger partial charge < -0.3 is 15.1 Å². The zero-order chi connectivity index (χ0) is 18.9. The Bertz CT molecular complexity index is 870. The number of nitrogens with one attached hydrogen (secondary N) is 1. The predicted molar refractivity (Wildman–Crippen MR) is 89.2 cm³/mol. The van der Waals surface area contributed by atoms with Crippen LogP contribution >= 0.6 is 31.0 Å². The van der Waals surface area contributed by atoms with Crippen LogP contribution in [0.15, 0.2) is 18.2 Å². The molecular weight excluding hydrogens is 399 g/mol. The van der Waals surface area contributed by atoms with Gasteiger partial charge in [-0.1, -0.05) is 29.3 Å². The highest BCUT2D eigenvalue weighted by Gasteiger charge is 2.27.